The Morgan fingerprint density at radius 3 is 2.72 bits per heavy atom. The van der Waals surface area contributed by atoms with Crippen LogP contribution in [-0.4, -0.2) is 13.2 Å². The molecule has 0 aliphatic rings. The standard InChI is InChI=1S/C16H27NO/c1-4-7-14(3)12-18-13-16-9-6-8-15(10-16)11-17-5-2/h6,8-10,14,17H,4-5,7,11-13H2,1-3H3. The highest BCUT2D eigenvalue weighted by Crippen LogP contribution is 2.09. The average Bonchev–Trinajstić information content (AvgIpc) is 2.37. The van der Waals surface area contributed by atoms with Gasteiger partial charge in [-0.15, -0.1) is 0 Å². The largest absolute Gasteiger partial charge is 0.376 e. The van der Waals surface area contributed by atoms with Gasteiger partial charge in [-0.05, 0) is 30.0 Å². The molecule has 0 heterocycles. The minimum absolute atomic E-state index is 0.667. The lowest BCUT2D eigenvalue weighted by atomic mass is 10.1. The molecular formula is C16H27NO. The van der Waals surface area contributed by atoms with Gasteiger partial charge in [-0.1, -0.05) is 51.5 Å². The van der Waals surface area contributed by atoms with Crippen molar-refractivity contribution >= 4 is 0 Å². The van der Waals surface area contributed by atoms with Gasteiger partial charge in [0.15, 0.2) is 0 Å². The normalized spacial score (nSPS) is 12.6. The van der Waals surface area contributed by atoms with E-state index in [1.807, 2.05) is 0 Å². The second-order valence-corrected chi connectivity index (χ2v) is 5.01. The van der Waals surface area contributed by atoms with Crippen molar-refractivity contribution in [2.24, 2.45) is 5.92 Å². The van der Waals surface area contributed by atoms with Crippen LogP contribution in [0, 0.1) is 5.92 Å². The summed E-state index contributed by atoms with van der Waals surface area (Å²) in [7, 11) is 0. The van der Waals surface area contributed by atoms with Gasteiger partial charge in [-0.25, -0.2) is 0 Å². The number of nitrogens with one attached hydrogen (secondary N) is 1. The quantitative estimate of drug-likeness (QED) is 0.719. The maximum atomic E-state index is 5.77. The predicted octanol–water partition coefficient (Wildman–Crippen LogP) is 3.75. The summed E-state index contributed by atoms with van der Waals surface area (Å²) < 4.78 is 5.77. The second kappa shape index (κ2) is 9.12. The van der Waals surface area contributed by atoms with Crippen molar-refractivity contribution in [2.45, 2.75) is 46.8 Å². The Morgan fingerprint density at radius 2 is 2.00 bits per heavy atom. The number of hydrogen-bond acceptors (Lipinski definition) is 2. The molecule has 1 aromatic carbocycles. The van der Waals surface area contributed by atoms with Crippen molar-refractivity contribution in [1.82, 2.24) is 5.32 Å². The Balaban J connectivity index is 2.33. The van der Waals surface area contributed by atoms with Crippen LogP contribution < -0.4 is 5.32 Å². The summed E-state index contributed by atoms with van der Waals surface area (Å²) in [6.45, 7) is 10.2. The fourth-order valence-electron chi connectivity index (χ4n) is 2.05. The molecule has 2 heteroatoms. The summed E-state index contributed by atoms with van der Waals surface area (Å²) in [5.41, 5.74) is 2.61. The van der Waals surface area contributed by atoms with Crippen molar-refractivity contribution < 1.29 is 4.74 Å². The van der Waals surface area contributed by atoms with Gasteiger partial charge in [0.25, 0.3) is 0 Å². The molecule has 0 aliphatic carbocycles. The molecule has 0 bridgehead atoms. The predicted molar refractivity (Wildman–Crippen MR) is 77.6 cm³/mol. The summed E-state index contributed by atoms with van der Waals surface area (Å²) in [4.78, 5) is 0. The number of benzene rings is 1. The smallest absolute Gasteiger partial charge is 0.0717 e. The molecule has 0 aliphatic heterocycles. The number of hydrogen-bond donors (Lipinski definition) is 1. The highest BCUT2D eigenvalue weighted by atomic mass is 16.5. The van der Waals surface area contributed by atoms with Crippen molar-refractivity contribution in [3.63, 3.8) is 0 Å². The van der Waals surface area contributed by atoms with Crippen LogP contribution in [0.15, 0.2) is 24.3 Å². The molecule has 0 saturated carbocycles. The minimum atomic E-state index is 0.667. The van der Waals surface area contributed by atoms with Gasteiger partial charge in [0.2, 0.25) is 0 Å². The minimum Gasteiger partial charge on any atom is -0.376 e. The Morgan fingerprint density at radius 1 is 1.22 bits per heavy atom. The third kappa shape index (κ3) is 6.18. The number of rotatable bonds is 9. The van der Waals surface area contributed by atoms with E-state index in [-0.39, 0.29) is 0 Å². The van der Waals surface area contributed by atoms with Crippen molar-refractivity contribution in [1.29, 1.82) is 0 Å². The van der Waals surface area contributed by atoms with Crippen LogP contribution in [0.1, 0.15) is 44.7 Å². The molecule has 0 saturated heterocycles. The molecular weight excluding hydrogens is 222 g/mol. The Bertz CT molecular complexity index is 325. The molecule has 102 valence electrons. The van der Waals surface area contributed by atoms with Gasteiger partial charge in [0.05, 0.1) is 6.61 Å². The highest BCUT2D eigenvalue weighted by molar-refractivity contribution is 5.22. The van der Waals surface area contributed by atoms with Gasteiger partial charge >= 0.3 is 0 Å². The molecule has 1 aromatic rings. The molecule has 1 atom stereocenters. The van der Waals surface area contributed by atoms with Crippen LogP contribution in [0.4, 0.5) is 0 Å². The zero-order valence-electron chi connectivity index (χ0n) is 12.0. The van der Waals surface area contributed by atoms with Gasteiger partial charge in [-0.2, -0.15) is 0 Å². The lowest BCUT2D eigenvalue weighted by Crippen LogP contribution is -2.12. The van der Waals surface area contributed by atoms with Crippen LogP contribution in [0.2, 0.25) is 0 Å². The van der Waals surface area contributed by atoms with Crippen LogP contribution in [0.5, 0.6) is 0 Å². The first-order chi connectivity index (χ1) is 8.76. The van der Waals surface area contributed by atoms with Crippen molar-refractivity contribution in [3.05, 3.63) is 35.4 Å². The zero-order valence-corrected chi connectivity index (χ0v) is 12.0. The molecule has 0 radical (unpaired) electrons. The van der Waals surface area contributed by atoms with Crippen LogP contribution >= 0.6 is 0 Å². The molecule has 0 amide bonds. The highest BCUT2D eigenvalue weighted by Gasteiger charge is 2.01. The van der Waals surface area contributed by atoms with Crippen LogP contribution in [-0.2, 0) is 17.9 Å². The fraction of sp³-hybridized carbons (Fsp3) is 0.625. The first-order valence-corrected chi connectivity index (χ1v) is 7.12. The molecule has 2 nitrogen and oxygen atoms in total. The summed E-state index contributed by atoms with van der Waals surface area (Å²) in [6.07, 6.45) is 2.49. The molecule has 0 fully saturated rings. The first kappa shape index (κ1) is 15.2. The molecule has 18 heavy (non-hydrogen) atoms. The van der Waals surface area contributed by atoms with E-state index in [0.717, 1.165) is 26.3 Å². The van der Waals surface area contributed by atoms with Crippen LogP contribution in [0.25, 0.3) is 0 Å². The topological polar surface area (TPSA) is 21.3 Å². The second-order valence-electron chi connectivity index (χ2n) is 5.01. The SMILES string of the molecule is CCCC(C)COCc1cccc(CNCC)c1. The third-order valence-corrected chi connectivity index (χ3v) is 3.02. The van der Waals surface area contributed by atoms with E-state index < -0.39 is 0 Å². The molecule has 0 aromatic heterocycles. The van der Waals surface area contributed by atoms with Crippen LogP contribution in [0.3, 0.4) is 0 Å². The van der Waals surface area contributed by atoms with E-state index in [0.29, 0.717) is 5.92 Å². The fourth-order valence-corrected chi connectivity index (χ4v) is 2.05. The average molecular weight is 249 g/mol. The summed E-state index contributed by atoms with van der Waals surface area (Å²) in [5, 5.41) is 3.34. The lowest BCUT2D eigenvalue weighted by molar-refractivity contribution is 0.0893. The summed E-state index contributed by atoms with van der Waals surface area (Å²) in [6, 6.07) is 8.64. The Kier molecular flexibility index (Phi) is 7.70. The van der Waals surface area contributed by atoms with Gasteiger partial charge < -0.3 is 10.1 Å². The van der Waals surface area contributed by atoms with E-state index in [1.54, 1.807) is 0 Å². The van der Waals surface area contributed by atoms with Gasteiger partial charge in [-0.3, -0.25) is 0 Å². The summed E-state index contributed by atoms with van der Waals surface area (Å²) >= 11 is 0. The monoisotopic (exact) mass is 249 g/mol. The Labute approximate surface area is 112 Å². The Hall–Kier alpha value is -0.860. The molecule has 1 rings (SSSR count). The first-order valence-electron chi connectivity index (χ1n) is 7.12. The molecule has 0 spiro atoms. The van der Waals surface area contributed by atoms with Crippen molar-refractivity contribution in [3.8, 4) is 0 Å². The van der Waals surface area contributed by atoms with Crippen molar-refractivity contribution in [2.75, 3.05) is 13.2 Å². The van der Waals surface area contributed by atoms with E-state index >= 15 is 0 Å². The maximum absolute atomic E-state index is 5.77. The van der Waals surface area contributed by atoms with Gasteiger partial charge in [0, 0.05) is 13.2 Å². The summed E-state index contributed by atoms with van der Waals surface area (Å²) in [5.74, 6) is 0.667. The molecule has 1 unspecified atom stereocenters. The third-order valence-electron chi connectivity index (χ3n) is 3.02. The zero-order chi connectivity index (χ0) is 13.2. The number of ether oxygens (including phenoxy) is 1. The maximum Gasteiger partial charge on any atom is 0.0717 e. The van der Waals surface area contributed by atoms with E-state index in [9.17, 15) is 0 Å². The molecule has 1 N–H and O–H groups in total. The lowest BCUT2D eigenvalue weighted by Gasteiger charge is -2.11. The van der Waals surface area contributed by atoms with Gasteiger partial charge in [0.1, 0.15) is 0 Å². The van der Waals surface area contributed by atoms with E-state index in [4.69, 9.17) is 4.74 Å². The van der Waals surface area contributed by atoms with E-state index in [1.165, 1.54) is 24.0 Å². The van der Waals surface area contributed by atoms with E-state index in [2.05, 4.69) is 50.4 Å².